The Morgan fingerprint density at radius 3 is 3.00 bits per heavy atom. The minimum absolute atomic E-state index is 0.346. The zero-order chi connectivity index (χ0) is 12.3. The third-order valence-electron chi connectivity index (χ3n) is 2.87. The Balaban J connectivity index is 2.27. The van der Waals surface area contributed by atoms with Gasteiger partial charge in [0.2, 0.25) is 10.0 Å². The second-order valence-electron chi connectivity index (χ2n) is 4.25. The minimum Gasteiger partial charge on any atom is -0.385 e. The van der Waals surface area contributed by atoms with Crippen LogP contribution in [-0.2, 0) is 16.4 Å². The SMILES string of the molecule is CCCNS(=O)(=O)c1ccc2c(c1)NCCC2. The van der Waals surface area contributed by atoms with Crippen molar-refractivity contribution in [1.29, 1.82) is 0 Å². The largest absolute Gasteiger partial charge is 0.385 e. The smallest absolute Gasteiger partial charge is 0.240 e. The molecule has 4 nitrogen and oxygen atoms in total. The molecule has 0 bridgehead atoms. The number of hydrogen-bond donors (Lipinski definition) is 2. The second-order valence-corrected chi connectivity index (χ2v) is 6.01. The first kappa shape index (κ1) is 12.4. The molecule has 0 spiro atoms. The summed E-state index contributed by atoms with van der Waals surface area (Å²) < 4.78 is 26.5. The minimum atomic E-state index is -3.35. The van der Waals surface area contributed by atoms with Gasteiger partial charge < -0.3 is 5.32 Å². The lowest BCUT2D eigenvalue weighted by atomic mass is 10.0. The van der Waals surface area contributed by atoms with Crippen LogP contribution < -0.4 is 10.0 Å². The van der Waals surface area contributed by atoms with Crippen molar-refractivity contribution in [2.24, 2.45) is 0 Å². The van der Waals surface area contributed by atoms with Gasteiger partial charge >= 0.3 is 0 Å². The van der Waals surface area contributed by atoms with Crippen LogP contribution in [-0.4, -0.2) is 21.5 Å². The highest BCUT2D eigenvalue weighted by Crippen LogP contribution is 2.24. The van der Waals surface area contributed by atoms with Crippen LogP contribution in [0.25, 0.3) is 0 Å². The predicted molar refractivity (Wildman–Crippen MR) is 68.7 cm³/mol. The number of nitrogens with one attached hydrogen (secondary N) is 2. The number of hydrogen-bond acceptors (Lipinski definition) is 3. The van der Waals surface area contributed by atoms with Crippen molar-refractivity contribution in [2.75, 3.05) is 18.4 Å². The topological polar surface area (TPSA) is 58.2 Å². The molecule has 0 saturated heterocycles. The van der Waals surface area contributed by atoms with Gasteiger partial charge in [0.05, 0.1) is 4.90 Å². The summed E-state index contributed by atoms with van der Waals surface area (Å²) in [6, 6.07) is 5.32. The zero-order valence-electron chi connectivity index (χ0n) is 9.99. The average Bonchev–Trinajstić information content (AvgIpc) is 2.36. The van der Waals surface area contributed by atoms with E-state index in [9.17, 15) is 8.42 Å². The molecule has 94 valence electrons. The van der Waals surface area contributed by atoms with Gasteiger partial charge in [-0.1, -0.05) is 13.0 Å². The average molecular weight is 254 g/mol. The molecule has 0 amide bonds. The molecule has 0 aromatic heterocycles. The van der Waals surface area contributed by atoms with Crippen LogP contribution in [0.2, 0.25) is 0 Å². The van der Waals surface area contributed by atoms with Crippen molar-refractivity contribution in [1.82, 2.24) is 4.72 Å². The second kappa shape index (κ2) is 5.06. The van der Waals surface area contributed by atoms with Gasteiger partial charge in [-0.05, 0) is 37.0 Å². The van der Waals surface area contributed by atoms with Crippen molar-refractivity contribution in [2.45, 2.75) is 31.1 Å². The van der Waals surface area contributed by atoms with Gasteiger partial charge in [0.25, 0.3) is 0 Å². The van der Waals surface area contributed by atoms with E-state index in [0.29, 0.717) is 11.4 Å². The van der Waals surface area contributed by atoms with E-state index in [1.165, 1.54) is 5.56 Å². The molecule has 0 saturated carbocycles. The number of sulfonamides is 1. The highest BCUT2D eigenvalue weighted by Gasteiger charge is 2.16. The summed E-state index contributed by atoms with van der Waals surface area (Å²) >= 11 is 0. The predicted octanol–water partition coefficient (Wildman–Crippen LogP) is 1.73. The van der Waals surface area contributed by atoms with Crippen LogP contribution in [0.15, 0.2) is 23.1 Å². The van der Waals surface area contributed by atoms with Gasteiger partial charge in [-0.2, -0.15) is 0 Å². The molecule has 2 rings (SSSR count). The van der Waals surface area contributed by atoms with Crippen molar-refractivity contribution in [3.8, 4) is 0 Å². The highest BCUT2D eigenvalue weighted by molar-refractivity contribution is 7.89. The first-order valence-corrected chi connectivity index (χ1v) is 7.48. The summed E-state index contributed by atoms with van der Waals surface area (Å²) in [4.78, 5) is 0.346. The van der Waals surface area contributed by atoms with Crippen LogP contribution in [0.1, 0.15) is 25.3 Å². The molecule has 1 aromatic carbocycles. The Hall–Kier alpha value is -1.07. The Labute approximate surface area is 102 Å². The Morgan fingerprint density at radius 1 is 1.41 bits per heavy atom. The van der Waals surface area contributed by atoms with E-state index < -0.39 is 10.0 Å². The quantitative estimate of drug-likeness (QED) is 0.860. The van der Waals surface area contributed by atoms with E-state index in [1.54, 1.807) is 12.1 Å². The van der Waals surface area contributed by atoms with Crippen LogP contribution in [0.3, 0.4) is 0 Å². The van der Waals surface area contributed by atoms with Gasteiger partial charge in [-0.15, -0.1) is 0 Å². The third-order valence-corrected chi connectivity index (χ3v) is 4.33. The van der Waals surface area contributed by atoms with Crippen molar-refractivity contribution in [3.63, 3.8) is 0 Å². The summed E-state index contributed by atoms with van der Waals surface area (Å²) in [6.45, 7) is 3.34. The first-order valence-electron chi connectivity index (χ1n) is 6.00. The monoisotopic (exact) mass is 254 g/mol. The maximum atomic E-state index is 11.9. The first-order chi connectivity index (χ1) is 8.13. The van der Waals surface area contributed by atoms with Gasteiger partial charge in [0.1, 0.15) is 0 Å². The molecule has 0 radical (unpaired) electrons. The molecule has 0 atom stereocenters. The van der Waals surface area contributed by atoms with Crippen molar-refractivity contribution >= 4 is 15.7 Å². The summed E-state index contributed by atoms with van der Waals surface area (Å²) in [6.07, 6.45) is 2.92. The third kappa shape index (κ3) is 2.79. The number of anilines is 1. The number of fused-ring (bicyclic) bond motifs is 1. The molecular weight excluding hydrogens is 236 g/mol. The molecule has 1 heterocycles. The highest BCUT2D eigenvalue weighted by atomic mass is 32.2. The lowest BCUT2D eigenvalue weighted by Gasteiger charge is -2.18. The fourth-order valence-electron chi connectivity index (χ4n) is 1.93. The fraction of sp³-hybridized carbons (Fsp3) is 0.500. The van der Waals surface area contributed by atoms with Gasteiger partial charge in [-0.3, -0.25) is 0 Å². The van der Waals surface area contributed by atoms with E-state index in [1.807, 2.05) is 13.0 Å². The molecular formula is C12H18N2O2S. The van der Waals surface area contributed by atoms with E-state index in [2.05, 4.69) is 10.0 Å². The normalized spacial score (nSPS) is 15.1. The molecule has 5 heteroatoms. The molecule has 17 heavy (non-hydrogen) atoms. The van der Waals surface area contributed by atoms with Gasteiger partial charge in [0.15, 0.2) is 0 Å². The lowest BCUT2D eigenvalue weighted by Crippen LogP contribution is -2.24. The maximum absolute atomic E-state index is 11.9. The lowest BCUT2D eigenvalue weighted by molar-refractivity contribution is 0.580. The number of rotatable bonds is 4. The molecule has 1 aliphatic rings. The van der Waals surface area contributed by atoms with Crippen LogP contribution in [0.4, 0.5) is 5.69 Å². The van der Waals surface area contributed by atoms with Crippen LogP contribution >= 0.6 is 0 Å². The van der Waals surface area contributed by atoms with Gasteiger partial charge in [-0.25, -0.2) is 13.1 Å². The summed E-state index contributed by atoms with van der Waals surface area (Å²) in [5, 5.41) is 3.24. The summed E-state index contributed by atoms with van der Waals surface area (Å²) in [5.74, 6) is 0. The van der Waals surface area contributed by atoms with Crippen LogP contribution in [0, 0.1) is 0 Å². The fourth-order valence-corrected chi connectivity index (χ4v) is 3.09. The number of benzene rings is 1. The number of aryl methyl sites for hydroxylation is 1. The maximum Gasteiger partial charge on any atom is 0.240 e. The van der Waals surface area contributed by atoms with Crippen molar-refractivity contribution < 1.29 is 8.42 Å². The summed E-state index contributed by atoms with van der Waals surface area (Å²) in [5.41, 5.74) is 2.15. The summed E-state index contributed by atoms with van der Waals surface area (Å²) in [7, 11) is -3.35. The van der Waals surface area contributed by atoms with E-state index in [-0.39, 0.29) is 0 Å². The Bertz CT molecular complexity index is 497. The zero-order valence-corrected chi connectivity index (χ0v) is 10.8. The molecule has 2 N–H and O–H groups in total. The molecule has 0 aliphatic carbocycles. The van der Waals surface area contributed by atoms with Crippen molar-refractivity contribution in [3.05, 3.63) is 23.8 Å². The van der Waals surface area contributed by atoms with Gasteiger partial charge in [0, 0.05) is 18.8 Å². The molecule has 1 aromatic rings. The molecule has 0 unspecified atom stereocenters. The van der Waals surface area contributed by atoms with E-state index >= 15 is 0 Å². The Morgan fingerprint density at radius 2 is 2.24 bits per heavy atom. The molecule has 0 fully saturated rings. The Kier molecular flexibility index (Phi) is 3.69. The van der Waals surface area contributed by atoms with E-state index in [0.717, 1.165) is 31.5 Å². The van der Waals surface area contributed by atoms with Crippen LogP contribution in [0.5, 0.6) is 0 Å². The molecule has 1 aliphatic heterocycles. The standard InChI is InChI=1S/C12H18N2O2S/c1-2-7-14-17(15,16)11-6-5-10-4-3-8-13-12(10)9-11/h5-6,9,13-14H,2-4,7-8H2,1H3. The van der Waals surface area contributed by atoms with E-state index in [4.69, 9.17) is 0 Å².